The standard InChI is InChI=1S/C15H15N3O4/c1-8-6-4-5-7-9(8)18-12(19)10-11(13(20)22-3)16-17-15(10,2)14(18)21/h4-7,10,17H,1-3H3. The zero-order valence-electron chi connectivity index (χ0n) is 12.4. The summed E-state index contributed by atoms with van der Waals surface area (Å²) in [5, 5.41) is 3.84. The molecule has 2 heterocycles. The van der Waals surface area contributed by atoms with E-state index in [0.29, 0.717) is 5.69 Å². The van der Waals surface area contributed by atoms with E-state index >= 15 is 0 Å². The third-order valence-electron chi connectivity index (χ3n) is 4.12. The number of amides is 2. The Hall–Kier alpha value is -2.70. The van der Waals surface area contributed by atoms with E-state index in [4.69, 9.17) is 0 Å². The van der Waals surface area contributed by atoms with Crippen molar-refractivity contribution in [2.75, 3.05) is 12.0 Å². The lowest BCUT2D eigenvalue weighted by Crippen LogP contribution is -2.48. The minimum Gasteiger partial charge on any atom is -0.464 e. The number of esters is 1. The monoisotopic (exact) mass is 301 g/mol. The third-order valence-corrected chi connectivity index (χ3v) is 4.12. The molecular formula is C15H15N3O4. The van der Waals surface area contributed by atoms with Crippen LogP contribution in [0.25, 0.3) is 0 Å². The van der Waals surface area contributed by atoms with Crippen molar-refractivity contribution in [3.05, 3.63) is 29.8 Å². The maximum absolute atomic E-state index is 12.8. The number of ether oxygens (including phenoxy) is 1. The first-order chi connectivity index (χ1) is 10.4. The van der Waals surface area contributed by atoms with Crippen molar-refractivity contribution in [2.24, 2.45) is 11.0 Å². The molecule has 1 aromatic carbocycles. The molecule has 0 saturated carbocycles. The molecule has 0 spiro atoms. The van der Waals surface area contributed by atoms with Gasteiger partial charge >= 0.3 is 5.97 Å². The van der Waals surface area contributed by atoms with Crippen LogP contribution in [0.5, 0.6) is 0 Å². The number of hydrogen-bond acceptors (Lipinski definition) is 6. The van der Waals surface area contributed by atoms with Gasteiger partial charge in [-0.2, -0.15) is 5.10 Å². The van der Waals surface area contributed by atoms with Gasteiger partial charge < -0.3 is 4.74 Å². The zero-order valence-corrected chi connectivity index (χ0v) is 12.4. The van der Waals surface area contributed by atoms with Gasteiger partial charge in [0.1, 0.15) is 11.5 Å². The smallest absolute Gasteiger partial charge is 0.355 e. The number of hydrogen-bond donors (Lipinski definition) is 1. The van der Waals surface area contributed by atoms with E-state index in [0.717, 1.165) is 10.5 Å². The lowest BCUT2D eigenvalue weighted by atomic mass is 9.86. The van der Waals surface area contributed by atoms with Gasteiger partial charge in [0, 0.05) is 0 Å². The van der Waals surface area contributed by atoms with Crippen molar-refractivity contribution in [3.8, 4) is 0 Å². The molecule has 2 aliphatic rings. The van der Waals surface area contributed by atoms with Crippen molar-refractivity contribution < 1.29 is 19.1 Å². The van der Waals surface area contributed by atoms with Crippen molar-refractivity contribution in [3.63, 3.8) is 0 Å². The van der Waals surface area contributed by atoms with Crippen molar-refractivity contribution >= 4 is 29.2 Å². The zero-order chi connectivity index (χ0) is 16.1. The summed E-state index contributed by atoms with van der Waals surface area (Å²) < 4.78 is 4.64. The van der Waals surface area contributed by atoms with Crippen molar-refractivity contribution in [2.45, 2.75) is 19.4 Å². The maximum atomic E-state index is 12.8. The van der Waals surface area contributed by atoms with Gasteiger partial charge in [0.05, 0.1) is 12.8 Å². The fourth-order valence-corrected chi connectivity index (χ4v) is 2.89. The minimum absolute atomic E-state index is 0.0700. The summed E-state index contributed by atoms with van der Waals surface area (Å²) in [6.45, 7) is 3.38. The summed E-state index contributed by atoms with van der Waals surface area (Å²) >= 11 is 0. The van der Waals surface area contributed by atoms with Crippen LogP contribution in [0, 0.1) is 12.8 Å². The van der Waals surface area contributed by atoms with E-state index in [2.05, 4.69) is 15.3 Å². The van der Waals surface area contributed by atoms with Gasteiger partial charge in [-0.25, -0.2) is 9.69 Å². The fraction of sp³-hybridized carbons (Fsp3) is 0.333. The summed E-state index contributed by atoms with van der Waals surface area (Å²) in [7, 11) is 1.21. The van der Waals surface area contributed by atoms with Crippen molar-refractivity contribution in [1.29, 1.82) is 0 Å². The van der Waals surface area contributed by atoms with Gasteiger partial charge in [0.15, 0.2) is 5.71 Å². The highest BCUT2D eigenvalue weighted by Gasteiger charge is 2.63. The lowest BCUT2D eigenvalue weighted by molar-refractivity contribution is -0.133. The molecule has 1 aromatic rings. The van der Waals surface area contributed by atoms with Gasteiger partial charge in [-0.1, -0.05) is 18.2 Å². The number of anilines is 1. The van der Waals surface area contributed by atoms with Crippen LogP contribution in [-0.2, 0) is 19.1 Å². The molecule has 1 saturated heterocycles. The number of carbonyl (C=O) groups excluding carboxylic acids is 3. The summed E-state index contributed by atoms with van der Waals surface area (Å²) in [5.74, 6) is -2.60. The van der Waals surface area contributed by atoms with Gasteiger partial charge in [-0.15, -0.1) is 0 Å². The highest BCUT2D eigenvalue weighted by atomic mass is 16.5. The molecule has 2 atom stereocenters. The Morgan fingerprint density at radius 2 is 2.05 bits per heavy atom. The number of hydrazone groups is 1. The van der Waals surface area contributed by atoms with Crippen LogP contribution in [0.15, 0.2) is 29.4 Å². The minimum atomic E-state index is -1.26. The Kier molecular flexibility index (Phi) is 3.01. The quantitative estimate of drug-likeness (QED) is 0.630. The Morgan fingerprint density at radius 3 is 2.68 bits per heavy atom. The Bertz CT molecular complexity index is 727. The molecule has 2 aliphatic heterocycles. The first kappa shape index (κ1) is 14.2. The molecule has 1 fully saturated rings. The highest BCUT2D eigenvalue weighted by molar-refractivity contribution is 6.47. The molecule has 114 valence electrons. The Balaban J connectivity index is 2.07. The number of nitrogens with one attached hydrogen (secondary N) is 1. The topological polar surface area (TPSA) is 88.1 Å². The molecule has 1 N–H and O–H groups in total. The molecule has 2 unspecified atom stereocenters. The van der Waals surface area contributed by atoms with E-state index in [1.165, 1.54) is 7.11 Å². The summed E-state index contributed by atoms with van der Waals surface area (Å²) in [6, 6.07) is 7.09. The SMILES string of the molecule is COC(=O)C1=NNC2(C)C(=O)N(c3ccccc3C)C(=O)C12. The van der Waals surface area contributed by atoms with Gasteiger partial charge in [0.2, 0.25) is 5.91 Å². The van der Waals surface area contributed by atoms with Crippen LogP contribution in [-0.4, -0.2) is 36.1 Å². The molecule has 0 aromatic heterocycles. The average molecular weight is 301 g/mol. The molecule has 0 aliphatic carbocycles. The largest absolute Gasteiger partial charge is 0.464 e. The lowest BCUT2D eigenvalue weighted by Gasteiger charge is -2.21. The Labute approximate surface area is 126 Å². The van der Waals surface area contributed by atoms with E-state index in [1.807, 2.05) is 19.1 Å². The van der Waals surface area contributed by atoms with Crippen LogP contribution < -0.4 is 10.3 Å². The van der Waals surface area contributed by atoms with Crippen LogP contribution in [0.3, 0.4) is 0 Å². The number of nitrogens with zero attached hydrogens (tertiary/aromatic N) is 2. The second kappa shape index (κ2) is 4.66. The van der Waals surface area contributed by atoms with Crippen molar-refractivity contribution in [1.82, 2.24) is 5.43 Å². The van der Waals surface area contributed by atoms with Crippen LogP contribution in [0.2, 0.25) is 0 Å². The number of rotatable bonds is 2. The van der Waals surface area contributed by atoms with Crippen LogP contribution in [0.1, 0.15) is 12.5 Å². The molecular weight excluding hydrogens is 286 g/mol. The molecule has 0 bridgehead atoms. The number of methoxy groups -OCH3 is 1. The van der Waals surface area contributed by atoms with E-state index < -0.39 is 29.2 Å². The average Bonchev–Trinajstić information content (AvgIpc) is 2.95. The summed E-state index contributed by atoms with van der Waals surface area (Å²) in [4.78, 5) is 38.4. The normalized spacial score (nSPS) is 26.6. The molecule has 7 nitrogen and oxygen atoms in total. The molecule has 3 rings (SSSR count). The Morgan fingerprint density at radius 1 is 1.36 bits per heavy atom. The number of aryl methyl sites for hydroxylation is 1. The second-order valence-corrected chi connectivity index (χ2v) is 5.50. The van der Waals surface area contributed by atoms with Gasteiger partial charge in [-0.3, -0.25) is 15.0 Å². The fourth-order valence-electron chi connectivity index (χ4n) is 2.89. The summed E-state index contributed by atoms with van der Waals surface area (Å²) in [5.41, 5.74) is 2.61. The number of imide groups is 1. The molecule has 0 radical (unpaired) electrons. The number of carbonyl (C=O) groups is 3. The number of para-hydroxylation sites is 1. The van der Waals surface area contributed by atoms with Gasteiger partial charge in [0.25, 0.3) is 5.91 Å². The van der Waals surface area contributed by atoms with E-state index in [1.54, 1.807) is 19.1 Å². The predicted molar refractivity (Wildman–Crippen MR) is 78.2 cm³/mol. The summed E-state index contributed by atoms with van der Waals surface area (Å²) in [6.07, 6.45) is 0. The van der Waals surface area contributed by atoms with Crippen LogP contribution in [0.4, 0.5) is 5.69 Å². The maximum Gasteiger partial charge on any atom is 0.355 e. The molecule has 2 amide bonds. The first-order valence-electron chi connectivity index (χ1n) is 6.79. The predicted octanol–water partition coefficient (Wildman–Crippen LogP) is 0.375. The number of fused-ring (bicyclic) bond motifs is 1. The third kappa shape index (κ3) is 1.68. The van der Waals surface area contributed by atoms with Gasteiger partial charge in [-0.05, 0) is 25.5 Å². The first-order valence-corrected chi connectivity index (χ1v) is 6.79. The molecule has 7 heteroatoms. The van der Waals surface area contributed by atoms with Crippen LogP contribution >= 0.6 is 0 Å². The molecule has 22 heavy (non-hydrogen) atoms. The second-order valence-electron chi connectivity index (χ2n) is 5.50. The van der Waals surface area contributed by atoms with E-state index in [-0.39, 0.29) is 5.71 Å². The number of benzene rings is 1. The van der Waals surface area contributed by atoms with E-state index in [9.17, 15) is 14.4 Å². The highest BCUT2D eigenvalue weighted by Crippen LogP contribution is 2.38.